The van der Waals surface area contributed by atoms with Crippen molar-refractivity contribution < 1.29 is 9.21 Å². The second-order valence-corrected chi connectivity index (χ2v) is 3.45. The molecule has 1 N–H and O–H groups in total. The lowest BCUT2D eigenvalue weighted by molar-refractivity contribution is -0.122. The third-order valence-corrected chi connectivity index (χ3v) is 1.93. The second-order valence-electron chi connectivity index (χ2n) is 3.45. The Hall–Kier alpha value is -1.58. The molecule has 68 valence electrons. The first kappa shape index (κ1) is 8.04. The summed E-state index contributed by atoms with van der Waals surface area (Å²) in [5.74, 6) is 1.01. The number of carbonyl (C=O) groups is 1. The van der Waals surface area contributed by atoms with Crippen molar-refractivity contribution in [3.63, 3.8) is 0 Å². The van der Waals surface area contributed by atoms with Crippen LogP contribution in [0.2, 0.25) is 0 Å². The van der Waals surface area contributed by atoms with Gasteiger partial charge in [0.05, 0.1) is 6.26 Å². The Morgan fingerprint density at radius 1 is 1.54 bits per heavy atom. The van der Waals surface area contributed by atoms with Gasteiger partial charge in [-0.1, -0.05) is 0 Å². The van der Waals surface area contributed by atoms with Gasteiger partial charge in [0.25, 0.3) is 5.91 Å². The molecule has 0 spiro atoms. The predicted molar refractivity (Wildman–Crippen MR) is 47.5 cm³/mol. The largest absolute Gasteiger partial charge is 0.461 e. The van der Waals surface area contributed by atoms with Crippen LogP contribution in [0, 0.1) is 0 Å². The van der Waals surface area contributed by atoms with Gasteiger partial charge in [0.2, 0.25) is 0 Å². The molecule has 1 aromatic rings. The van der Waals surface area contributed by atoms with Gasteiger partial charge in [-0.15, -0.1) is 0 Å². The smallest absolute Gasteiger partial charge is 0.253 e. The van der Waals surface area contributed by atoms with Crippen LogP contribution in [0.5, 0.6) is 0 Å². The summed E-state index contributed by atoms with van der Waals surface area (Å²) in [6.07, 6.45) is 1.55. The zero-order valence-corrected chi connectivity index (χ0v) is 7.50. The van der Waals surface area contributed by atoms with Gasteiger partial charge in [-0.25, -0.2) is 4.99 Å². The van der Waals surface area contributed by atoms with Gasteiger partial charge in [0.1, 0.15) is 5.54 Å². The number of rotatable bonds is 1. The molecule has 0 saturated carbocycles. The maximum absolute atomic E-state index is 11.3. The molecule has 2 rings (SSSR count). The summed E-state index contributed by atoms with van der Waals surface area (Å²) < 4.78 is 5.11. The first-order chi connectivity index (χ1) is 6.09. The number of amides is 1. The molecule has 0 atom stereocenters. The first-order valence-corrected chi connectivity index (χ1v) is 4.05. The SMILES string of the molecule is CC1(C)N=C(c2ccco2)NC1=O. The van der Waals surface area contributed by atoms with Crippen LogP contribution in [-0.2, 0) is 4.79 Å². The Balaban J connectivity index is 2.35. The molecule has 1 aliphatic rings. The highest BCUT2D eigenvalue weighted by molar-refractivity contribution is 6.13. The van der Waals surface area contributed by atoms with Gasteiger partial charge in [-0.2, -0.15) is 0 Å². The fraction of sp³-hybridized carbons (Fsp3) is 0.333. The highest BCUT2D eigenvalue weighted by atomic mass is 16.3. The van der Waals surface area contributed by atoms with Gasteiger partial charge < -0.3 is 9.73 Å². The van der Waals surface area contributed by atoms with Crippen molar-refractivity contribution in [3.8, 4) is 0 Å². The van der Waals surface area contributed by atoms with Crippen molar-refractivity contribution >= 4 is 11.7 Å². The third kappa shape index (κ3) is 1.24. The molecule has 13 heavy (non-hydrogen) atoms. The van der Waals surface area contributed by atoms with E-state index < -0.39 is 5.54 Å². The molecule has 0 saturated heterocycles. The summed E-state index contributed by atoms with van der Waals surface area (Å²) in [7, 11) is 0. The highest BCUT2D eigenvalue weighted by Gasteiger charge is 2.35. The Bertz CT molecular complexity index is 363. The van der Waals surface area contributed by atoms with Crippen LogP contribution in [0.15, 0.2) is 27.8 Å². The van der Waals surface area contributed by atoms with Gasteiger partial charge in [-0.05, 0) is 26.0 Å². The average molecular weight is 178 g/mol. The molecule has 2 heterocycles. The van der Waals surface area contributed by atoms with Crippen LogP contribution in [0.1, 0.15) is 19.6 Å². The monoisotopic (exact) mass is 178 g/mol. The molecule has 4 nitrogen and oxygen atoms in total. The lowest BCUT2D eigenvalue weighted by atomic mass is 10.1. The Labute approximate surface area is 75.7 Å². The summed E-state index contributed by atoms with van der Waals surface area (Å²) in [4.78, 5) is 15.5. The molecule has 0 bridgehead atoms. The molecule has 0 radical (unpaired) electrons. The minimum Gasteiger partial charge on any atom is -0.461 e. The molecule has 0 aromatic carbocycles. The van der Waals surface area contributed by atoms with Crippen LogP contribution in [-0.4, -0.2) is 17.3 Å². The summed E-state index contributed by atoms with van der Waals surface area (Å²) in [6, 6.07) is 3.52. The zero-order valence-electron chi connectivity index (χ0n) is 7.50. The average Bonchev–Trinajstić information content (AvgIpc) is 2.60. The quantitative estimate of drug-likeness (QED) is 0.695. The summed E-state index contributed by atoms with van der Waals surface area (Å²) in [6.45, 7) is 3.52. The van der Waals surface area contributed by atoms with E-state index in [1.807, 2.05) is 0 Å². The lowest BCUT2D eigenvalue weighted by Crippen LogP contribution is -2.34. The van der Waals surface area contributed by atoms with E-state index in [2.05, 4.69) is 10.3 Å². The van der Waals surface area contributed by atoms with E-state index in [9.17, 15) is 4.79 Å². The molecular weight excluding hydrogens is 168 g/mol. The molecule has 0 unspecified atom stereocenters. The number of hydrogen-bond donors (Lipinski definition) is 1. The van der Waals surface area contributed by atoms with Gasteiger partial charge in [0, 0.05) is 0 Å². The first-order valence-electron chi connectivity index (χ1n) is 4.05. The van der Waals surface area contributed by atoms with Gasteiger partial charge >= 0.3 is 0 Å². The van der Waals surface area contributed by atoms with Crippen LogP contribution in [0.25, 0.3) is 0 Å². The van der Waals surface area contributed by atoms with Crippen molar-refractivity contribution in [1.29, 1.82) is 0 Å². The van der Waals surface area contributed by atoms with Gasteiger partial charge in [-0.3, -0.25) is 4.79 Å². The fourth-order valence-electron chi connectivity index (χ4n) is 1.15. The minimum absolute atomic E-state index is 0.0982. The number of amidine groups is 1. The minimum atomic E-state index is -0.678. The summed E-state index contributed by atoms with van der Waals surface area (Å²) >= 11 is 0. The van der Waals surface area contributed by atoms with Crippen LogP contribution in [0.4, 0.5) is 0 Å². The van der Waals surface area contributed by atoms with E-state index in [0.717, 1.165) is 0 Å². The van der Waals surface area contributed by atoms with Gasteiger partial charge in [0.15, 0.2) is 11.6 Å². The van der Waals surface area contributed by atoms with Crippen LogP contribution >= 0.6 is 0 Å². The summed E-state index contributed by atoms with van der Waals surface area (Å²) in [5, 5.41) is 2.66. The van der Waals surface area contributed by atoms with E-state index in [0.29, 0.717) is 11.6 Å². The van der Waals surface area contributed by atoms with Crippen molar-refractivity contribution in [2.45, 2.75) is 19.4 Å². The molecular formula is C9H10N2O2. The maximum Gasteiger partial charge on any atom is 0.253 e. The third-order valence-electron chi connectivity index (χ3n) is 1.93. The van der Waals surface area contributed by atoms with E-state index in [4.69, 9.17) is 4.42 Å². The number of furan rings is 1. The van der Waals surface area contributed by atoms with E-state index in [-0.39, 0.29) is 5.91 Å². The van der Waals surface area contributed by atoms with Crippen LogP contribution < -0.4 is 5.32 Å². The molecule has 0 aliphatic carbocycles. The van der Waals surface area contributed by atoms with Crippen LogP contribution in [0.3, 0.4) is 0 Å². The topological polar surface area (TPSA) is 54.6 Å². The molecule has 1 aromatic heterocycles. The lowest BCUT2D eigenvalue weighted by Gasteiger charge is -2.07. The fourth-order valence-corrected chi connectivity index (χ4v) is 1.15. The molecule has 4 heteroatoms. The predicted octanol–water partition coefficient (Wildman–Crippen LogP) is 0.935. The Kier molecular flexibility index (Phi) is 1.52. The normalized spacial score (nSPS) is 19.8. The summed E-state index contributed by atoms with van der Waals surface area (Å²) in [5.41, 5.74) is -0.678. The van der Waals surface area contributed by atoms with Crippen molar-refractivity contribution in [2.24, 2.45) is 4.99 Å². The Morgan fingerprint density at radius 3 is 2.77 bits per heavy atom. The number of nitrogens with zero attached hydrogens (tertiary/aromatic N) is 1. The zero-order chi connectivity index (χ0) is 9.47. The Morgan fingerprint density at radius 2 is 2.31 bits per heavy atom. The number of aliphatic imine (C=N–C) groups is 1. The standard InChI is InChI=1S/C9H10N2O2/c1-9(2)8(12)10-7(11-9)6-4-3-5-13-6/h3-5H,1-2H3,(H,10,11,12). The number of hydrogen-bond acceptors (Lipinski definition) is 3. The van der Waals surface area contributed by atoms with E-state index >= 15 is 0 Å². The van der Waals surface area contributed by atoms with Crippen molar-refractivity contribution in [3.05, 3.63) is 24.2 Å². The van der Waals surface area contributed by atoms with Crippen molar-refractivity contribution in [1.82, 2.24) is 5.32 Å². The van der Waals surface area contributed by atoms with Crippen molar-refractivity contribution in [2.75, 3.05) is 0 Å². The van der Waals surface area contributed by atoms with E-state index in [1.54, 1.807) is 32.2 Å². The second kappa shape index (κ2) is 2.45. The molecule has 1 aliphatic heterocycles. The van der Waals surface area contributed by atoms with E-state index in [1.165, 1.54) is 0 Å². The maximum atomic E-state index is 11.3. The molecule has 0 fully saturated rings. The number of nitrogens with one attached hydrogen (secondary N) is 1. The number of carbonyl (C=O) groups excluding carboxylic acids is 1. The highest BCUT2D eigenvalue weighted by Crippen LogP contribution is 2.17. The molecule has 1 amide bonds.